The van der Waals surface area contributed by atoms with Crippen molar-refractivity contribution in [1.82, 2.24) is 4.98 Å². The molecule has 0 saturated carbocycles. The van der Waals surface area contributed by atoms with Crippen molar-refractivity contribution in [1.29, 1.82) is 0 Å². The minimum atomic E-state index is -3.70. The molecule has 0 spiro atoms. The summed E-state index contributed by atoms with van der Waals surface area (Å²) in [6.45, 7) is 8.60. The molecule has 2 rings (SSSR count). The molecule has 0 unspecified atom stereocenters. The molecule has 5 nitrogen and oxygen atoms in total. The molecule has 1 heterocycles. The SMILES string of the molecule is CCCCOc1ccc(S(=O)(=O)Nc2ncccc2C)cc1C(C)C. The molecule has 1 aromatic heterocycles. The standard InChI is InChI=1S/C19H26N2O3S/c1-5-6-12-24-18-10-9-16(13-17(18)14(2)3)25(22,23)21-19-15(4)8-7-11-20-19/h7-11,13-14H,5-6,12H2,1-4H3,(H,20,21). The van der Waals surface area contributed by atoms with Gasteiger partial charge in [0.2, 0.25) is 0 Å². The summed E-state index contributed by atoms with van der Waals surface area (Å²) in [4.78, 5) is 4.31. The van der Waals surface area contributed by atoms with E-state index < -0.39 is 10.0 Å². The van der Waals surface area contributed by atoms with Crippen LogP contribution in [-0.4, -0.2) is 20.0 Å². The Morgan fingerprint density at radius 1 is 1.24 bits per heavy atom. The summed E-state index contributed by atoms with van der Waals surface area (Å²) in [6.07, 6.45) is 3.59. The number of aromatic nitrogens is 1. The molecule has 25 heavy (non-hydrogen) atoms. The van der Waals surface area contributed by atoms with Gasteiger partial charge in [-0.2, -0.15) is 0 Å². The van der Waals surface area contributed by atoms with E-state index in [9.17, 15) is 8.42 Å². The van der Waals surface area contributed by atoms with Crippen LogP contribution in [0.1, 0.15) is 50.7 Å². The number of aryl methyl sites for hydroxylation is 1. The number of rotatable bonds is 8. The fourth-order valence-electron chi connectivity index (χ4n) is 2.38. The molecule has 0 radical (unpaired) electrons. The summed E-state index contributed by atoms with van der Waals surface area (Å²) < 4.78 is 33.8. The van der Waals surface area contributed by atoms with E-state index in [0.29, 0.717) is 12.4 Å². The first-order chi connectivity index (χ1) is 11.8. The molecule has 6 heteroatoms. The minimum Gasteiger partial charge on any atom is -0.493 e. The maximum absolute atomic E-state index is 12.7. The number of benzene rings is 1. The van der Waals surface area contributed by atoms with Crippen LogP contribution in [-0.2, 0) is 10.0 Å². The third-order valence-corrected chi connectivity index (χ3v) is 5.25. The van der Waals surface area contributed by atoms with Crippen molar-refractivity contribution in [2.75, 3.05) is 11.3 Å². The molecule has 1 aromatic carbocycles. The minimum absolute atomic E-state index is 0.156. The normalized spacial score (nSPS) is 11.6. The van der Waals surface area contributed by atoms with Crippen molar-refractivity contribution in [3.05, 3.63) is 47.7 Å². The third kappa shape index (κ3) is 4.95. The maximum Gasteiger partial charge on any atom is 0.263 e. The Bertz CT molecular complexity index is 817. The fraction of sp³-hybridized carbons (Fsp3) is 0.421. The smallest absolute Gasteiger partial charge is 0.263 e. The fourth-order valence-corrected chi connectivity index (χ4v) is 3.50. The van der Waals surface area contributed by atoms with Gasteiger partial charge in [-0.25, -0.2) is 13.4 Å². The largest absolute Gasteiger partial charge is 0.493 e. The average molecular weight is 362 g/mol. The topological polar surface area (TPSA) is 68.3 Å². The monoisotopic (exact) mass is 362 g/mol. The Labute approximate surface area is 150 Å². The number of unbranched alkanes of at least 4 members (excludes halogenated alkanes) is 1. The van der Waals surface area contributed by atoms with Crippen LogP contribution in [0.4, 0.5) is 5.82 Å². The van der Waals surface area contributed by atoms with E-state index in [1.165, 1.54) is 0 Å². The average Bonchev–Trinajstić information content (AvgIpc) is 2.57. The quantitative estimate of drug-likeness (QED) is 0.702. The second-order valence-electron chi connectivity index (χ2n) is 6.33. The highest BCUT2D eigenvalue weighted by Gasteiger charge is 2.19. The van der Waals surface area contributed by atoms with E-state index in [2.05, 4.69) is 16.6 Å². The summed E-state index contributed by atoms with van der Waals surface area (Å²) in [5.41, 5.74) is 1.66. The molecule has 0 aliphatic heterocycles. The highest BCUT2D eigenvalue weighted by Crippen LogP contribution is 2.30. The Kier molecular flexibility index (Phi) is 6.42. The predicted octanol–water partition coefficient (Wildman–Crippen LogP) is 4.49. The summed E-state index contributed by atoms with van der Waals surface area (Å²) in [6, 6.07) is 8.59. The Balaban J connectivity index is 2.31. The van der Waals surface area contributed by atoms with Crippen molar-refractivity contribution in [2.24, 2.45) is 0 Å². The molecule has 1 N–H and O–H groups in total. The van der Waals surface area contributed by atoms with Gasteiger partial charge >= 0.3 is 0 Å². The molecule has 0 aliphatic carbocycles. The van der Waals surface area contributed by atoms with Crippen LogP contribution in [0.2, 0.25) is 0 Å². The molecule has 0 saturated heterocycles. The number of hydrogen-bond acceptors (Lipinski definition) is 4. The third-order valence-electron chi connectivity index (χ3n) is 3.91. The highest BCUT2D eigenvalue weighted by molar-refractivity contribution is 7.92. The zero-order valence-corrected chi connectivity index (χ0v) is 16.1. The predicted molar refractivity (Wildman–Crippen MR) is 101 cm³/mol. The molecule has 0 aliphatic rings. The molecule has 0 amide bonds. The zero-order chi connectivity index (χ0) is 18.4. The van der Waals surface area contributed by atoms with Gasteiger partial charge in [-0.05, 0) is 54.7 Å². The van der Waals surface area contributed by atoms with Gasteiger partial charge in [0.1, 0.15) is 11.6 Å². The van der Waals surface area contributed by atoms with Gasteiger partial charge in [-0.1, -0.05) is 33.3 Å². The molecule has 0 bridgehead atoms. The number of hydrogen-bond donors (Lipinski definition) is 1. The Morgan fingerprint density at radius 2 is 2.00 bits per heavy atom. The molecule has 2 aromatic rings. The second kappa shape index (κ2) is 8.34. The lowest BCUT2D eigenvalue weighted by Gasteiger charge is -2.16. The first-order valence-electron chi connectivity index (χ1n) is 8.56. The summed E-state index contributed by atoms with van der Waals surface area (Å²) in [5.74, 6) is 1.25. The van der Waals surface area contributed by atoms with E-state index in [1.54, 1.807) is 30.5 Å². The molecular weight excluding hydrogens is 336 g/mol. The first kappa shape index (κ1) is 19.2. The summed E-state index contributed by atoms with van der Waals surface area (Å²) in [5, 5.41) is 0. The molecule has 0 atom stereocenters. The van der Waals surface area contributed by atoms with Crippen LogP contribution in [0.3, 0.4) is 0 Å². The summed E-state index contributed by atoms with van der Waals surface area (Å²) in [7, 11) is -3.70. The highest BCUT2D eigenvalue weighted by atomic mass is 32.2. The van der Waals surface area contributed by atoms with E-state index in [-0.39, 0.29) is 10.8 Å². The van der Waals surface area contributed by atoms with Crippen LogP contribution in [0.15, 0.2) is 41.4 Å². The van der Waals surface area contributed by atoms with Crippen molar-refractivity contribution in [3.8, 4) is 5.75 Å². The molecular formula is C19H26N2O3S. The van der Waals surface area contributed by atoms with Gasteiger partial charge in [0, 0.05) is 6.20 Å². The number of pyridine rings is 1. The van der Waals surface area contributed by atoms with E-state index in [0.717, 1.165) is 29.7 Å². The van der Waals surface area contributed by atoms with Gasteiger partial charge in [-0.3, -0.25) is 4.72 Å². The lowest BCUT2D eigenvalue weighted by Crippen LogP contribution is -2.15. The number of sulfonamides is 1. The number of nitrogens with zero attached hydrogens (tertiary/aromatic N) is 1. The van der Waals surface area contributed by atoms with Crippen LogP contribution >= 0.6 is 0 Å². The number of ether oxygens (including phenoxy) is 1. The number of nitrogens with one attached hydrogen (secondary N) is 1. The van der Waals surface area contributed by atoms with Gasteiger partial charge < -0.3 is 4.74 Å². The Hall–Kier alpha value is -2.08. The van der Waals surface area contributed by atoms with Crippen molar-refractivity contribution < 1.29 is 13.2 Å². The van der Waals surface area contributed by atoms with E-state index in [4.69, 9.17) is 4.74 Å². The lowest BCUT2D eigenvalue weighted by atomic mass is 10.0. The van der Waals surface area contributed by atoms with Crippen molar-refractivity contribution in [2.45, 2.75) is 51.3 Å². The van der Waals surface area contributed by atoms with Gasteiger partial charge in [-0.15, -0.1) is 0 Å². The van der Waals surface area contributed by atoms with Gasteiger partial charge in [0.25, 0.3) is 10.0 Å². The van der Waals surface area contributed by atoms with Crippen LogP contribution in [0.5, 0.6) is 5.75 Å². The Morgan fingerprint density at radius 3 is 2.64 bits per heavy atom. The van der Waals surface area contributed by atoms with Crippen molar-refractivity contribution >= 4 is 15.8 Å². The maximum atomic E-state index is 12.7. The van der Waals surface area contributed by atoms with Crippen LogP contribution < -0.4 is 9.46 Å². The van der Waals surface area contributed by atoms with Crippen LogP contribution in [0, 0.1) is 6.92 Å². The molecule has 136 valence electrons. The number of anilines is 1. The van der Waals surface area contributed by atoms with Crippen molar-refractivity contribution in [3.63, 3.8) is 0 Å². The summed E-state index contributed by atoms with van der Waals surface area (Å²) >= 11 is 0. The second-order valence-corrected chi connectivity index (χ2v) is 8.01. The first-order valence-corrected chi connectivity index (χ1v) is 10.0. The van der Waals surface area contributed by atoms with Gasteiger partial charge in [0.15, 0.2) is 0 Å². The van der Waals surface area contributed by atoms with E-state index >= 15 is 0 Å². The van der Waals surface area contributed by atoms with E-state index in [1.807, 2.05) is 26.8 Å². The lowest BCUT2D eigenvalue weighted by molar-refractivity contribution is 0.305. The molecule has 0 fully saturated rings. The van der Waals surface area contributed by atoms with Gasteiger partial charge in [0.05, 0.1) is 11.5 Å². The zero-order valence-electron chi connectivity index (χ0n) is 15.2. The van der Waals surface area contributed by atoms with Crippen LogP contribution in [0.25, 0.3) is 0 Å².